The van der Waals surface area contributed by atoms with Crippen LogP contribution in [0.25, 0.3) is 0 Å². The van der Waals surface area contributed by atoms with Gasteiger partial charge in [0.05, 0.1) is 11.2 Å². The Kier molecular flexibility index (Phi) is 4.75. The molecule has 0 fully saturated rings. The van der Waals surface area contributed by atoms with Gasteiger partial charge in [0.25, 0.3) is 5.91 Å². The van der Waals surface area contributed by atoms with Crippen LogP contribution in [-0.2, 0) is 0 Å². The van der Waals surface area contributed by atoms with Crippen molar-refractivity contribution in [2.75, 3.05) is 5.32 Å². The molecule has 0 aliphatic heterocycles. The van der Waals surface area contributed by atoms with Gasteiger partial charge < -0.3 is 5.32 Å². The van der Waals surface area contributed by atoms with Crippen LogP contribution in [0.15, 0.2) is 24.4 Å². The van der Waals surface area contributed by atoms with E-state index >= 15 is 0 Å². The minimum atomic E-state index is -0.550. The molecule has 0 aliphatic rings. The second-order valence-electron chi connectivity index (χ2n) is 4.69. The predicted octanol–water partition coefficient (Wildman–Crippen LogP) is 4.30. The summed E-state index contributed by atoms with van der Waals surface area (Å²) in [6.07, 6.45) is 1.37. The number of amides is 1. The first-order chi connectivity index (χ1) is 9.86. The first kappa shape index (κ1) is 15.7. The first-order valence-corrected chi connectivity index (χ1v) is 6.92. The zero-order valence-electron chi connectivity index (χ0n) is 11.3. The van der Waals surface area contributed by atoms with Gasteiger partial charge in [-0.05, 0) is 18.2 Å². The Morgan fingerprint density at radius 3 is 2.62 bits per heavy atom. The molecule has 110 valence electrons. The quantitative estimate of drug-likeness (QED) is 0.914. The van der Waals surface area contributed by atoms with Crippen molar-refractivity contribution in [2.45, 2.75) is 19.8 Å². The molecule has 0 spiro atoms. The van der Waals surface area contributed by atoms with Gasteiger partial charge in [0.1, 0.15) is 11.6 Å². The molecular formula is C14H12Cl2FN3O. The highest BCUT2D eigenvalue weighted by Crippen LogP contribution is 2.21. The van der Waals surface area contributed by atoms with Gasteiger partial charge in [0.2, 0.25) is 0 Å². The summed E-state index contributed by atoms with van der Waals surface area (Å²) in [5.74, 6) is -0.542. The van der Waals surface area contributed by atoms with E-state index in [1.807, 2.05) is 13.8 Å². The zero-order chi connectivity index (χ0) is 15.6. The lowest BCUT2D eigenvalue weighted by Gasteiger charge is -2.09. The van der Waals surface area contributed by atoms with Gasteiger partial charge in [-0.1, -0.05) is 37.0 Å². The van der Waals surface area contributed by atoms with Crippen molar-refractivity contribution < 1.29 is 9.18 Å². The molecule has 0 atom stereocenters. The standard InChI is InChI=1S/C14H12Cl2FN3O/c1-7(2)13-18-6-11(16)12(20-13)14(21)19-10-4-8(15)3-9(17)5-10/h3-7H,1-2H3,(H,19,21). The number of halogens is 3. The topological polar surface area (TPSA) is 54.9 Å². The summed E-state index contributed by atoms with van der Waals surface area (Å²) < 4.78 is 13.2. The van der Waals surface area contributed by atoms with Gasteiger partial charge in [-0.2, -0.15) is 0 Å². The minimum Gasteiger partial charge on any atom is -0.320 e. The fourth-order valence-electron chi connectivity index (χ4n) is 1.63. The SMILES string of the molecule is CC(C)c1ncc(Cl)c(C(=O)Nc2cc(F)cc(Cl)c2)n1. The van der Waals surface area contributed by atoms with E-state index in [-0.39, 0.29) is 27.3 Å². The van der Waals surface area contributed by atoms with Crippen LogP contribution in [-0.4, -0.2) is 15.9 Å². The van der Waals surface area contributed by atoms with Crippen molar-refractivity contribution in [3.63, 3.8) is 0 Å². The van der Waals surface area contributed by atoms with Crippen molar-refractivity contribution in [1.82, 2.24) is 9.97 Å². The molecule has 4 nitrogen and oxygen atoms in total. The van der Waals surface area contributed by atoms with Gasteiger partial charge in [-0.25, -0.2) is 14.4 Å². The number of carbonyl (C=O) groups is 1. The van der Waals surface area contributed by atoms with Crippen LogP contribution < -0.4 is 5.32 Å². The van der Waals surface area contributed by atoms with E-state index in [1.165, 1.54) is 12.3 Å². The van der Waals surface area contributed by atoms with Gasteiger partial charge >= 0.3 is 0 Å². The summed E-state index contributed by atoms with van der Waals surface area (Å²) in [5.41, 5.74) is 0.265. The van der Waals surface area contributed by atoms with Crippen LogP contribution in [0.5, 0.6) is 0 Å². The van der Waals surface area contributed by atoms with Crippen LogP contribution >= 0.6 is 23.2 Å². The van der Waals surface area contributed by atoms with Crippen LogP contribution in [0, 0.1) is 5.82 Å². The molecule has 1 amide bonds. The number of rotatable bonds is 3. The molecule has 1 aromatic heterocycles. The molecule has 7 heteroatoms. The van der Waals surface area contributed by atoms with Gasteiger partial charge in [0.15, 0.2) is 5.69 Å². The molecule has 0 saturated heterocycles. The smallest absolute Gasteiger partial charge is 0.275 e. The van der Waals surface area contributed by atoms with E-state index in [2.05, 4.69) is 15.3 Å². The third kappa shape index (κ3) is 3.89. The Labute approximate surface area is 131 Å². The zero-order valence-corrected chi connectivity index (χ0v) is 12.8. The highest BCUT2D eigenvalue weighted by Gasteiger charge is 2.16. The molecule has 1 N–H and O–H groups in total. The van der Waals surface area contributed by atoms with Crippen molar-refractivity contribution >= 4 is 34.8 Å². The molecule has 0 aliphatic carbocycles. The Balaban J connectivity index is 2.29. The molecule has 1 heterocycles. The lowest BCUT2D eigenvalue weighted by molar-refractivity contribution is 0.102. The monoisotopic (exact) mass is 327 g/mol. The maximum atomic E-state index is 13.2. The van der Waals surface area contributed by atoms with Crippen molar-refractivity contribution in [3.05, 3.63) is 51.8 Å². The molecule has 1 aromatic carbocycles. The number of nitrogens with zero attached hydrogens (tertiary/aromatic N) is 2. The molecule has 2 aromatic rings. The third-order valence-electron chi connectivity index (χ3n) is 2.61. The van der Waals surface area contributed by atoms with Crippen molar-refractivity contribution in [3.8, 4) is 0 Å². The molecule has 0 unspecified atom stereocenters. The fraction of sp³-hybridized carbons (Fsp3) is 0.214. The molecule has 2 rings (SSSR count). The number of hydrogen-bond acceptors (Lipinski definition) is 3. The Bertz CT molecular complexity index is 672. The number of benzene rings is 1. The summed E-state index contributed by atoms with van der Waals surface area (Å²) in [5, 5.41) is 2.82. The van der Waals surface area contributed by atoms with E-state index in [9.17, 15) is 9.18 Å². The van der Waals surface area contributed by atoms with Gasteiger partial charge in [-0.15, -0.1) is 0 Å². The summed E-state index contributed by atoms with van der Waals surface area (Å²) in [6, 6.07) is 3.73. The molecule has 0 radical (unpaired) electrons. The summed E-state index contributed by atoms with van der Waals surface area (Å²) in [6.45, 7) is 3.80. The first-order valence-electron chi connectivity index (χ1n) is 6.16. The van der Waals surface area contributed by atoms with E-state index < -0.39 is 11.7 Å². The van der Waals surface area contributed by atoms with E-state index in [0.29, 0.717) is 5.82 Å². The Morgan fingerprint density at radius 2 is 2.00 bits per heavy atom. The maximum absolute atomic E-state index is 13.2. The highest BCUT2D eigenvalue weighted by molar-refractivity contribution is 6.34. The van der Waals surface area contributed by atoms with Gasteiger partial charge in [-0.3, -0.25) is 4.79 Å². The second kappa shape index (κ2) is 6.37. The average molecular weight is 328 g/mol. The predicted molar refractivity (Wildman–Crippen MR) is 80.5 cm³/mol. The largest absolute Gasteiger partial charge is 0.320 e. The Morgan fingerprint density at radius 1 is 1.29 bits per heavy atom. The lowest BCUT2D eigenvalue weighted by Crippen LogP contribution is -2.16. The number of anilines is 1. The highest BCUT2D eigenvalue weighted by atomic mass is 35.5. The van der Waals surface area contributed by atoms with Crippen molar-refractivity contribution in [2.24, 2.45) is 0 Å². The maximum Gasteiger partial charge on any atom is 0.275 e. The molecule has 21 heavy (non-hydrogen) atoms. The Hall–Kier alpha value is -1.72. The minimum absolute atomic E-state index is 0.0377. The fourth-order valence-corrected chi connectivity index (χ4v) is 2.03. The van der Waals surface area contributed by atoms with E-state index in [0.717, 1.165) is 12.1 Å². The summed E-state index contributed by atoms with van der Waals surface area (Å²) >= 11 is 11.7. The number of carbonyl (C=O) groups excluding carboxylic acids is 1. The van der Waals surface area contributed by atoms with E-state index in [1.54, 1.807) is 0 Å². The third-order valence-corrected chi connectivity index (χ3v) is 3.11. The average Bonchev–Trinajstić information content (AvgIpc) is 2.37. The summed E-state index contributed by atoms with van der Waals surface area (Å²) in [4.78, 5) is 20.4. The number of aromatic nitrogens is 2. The molecule has 0 saturated carbocycles. The van der Waals surface area contributed by atoms with Crippen LogP contribution in [0.3, 0.4) is 0 Å². The molecule has 0 bridgehead atoms. The van der Waals surface area contributed by atoms with Crippen molar-refractivity contribution in [1.29, 1.82) is 0 Å². The van der Waals surface area contributed by atoms with Crippen LogP contribution in [0.4, 0.5) is 10.1 Å². The summed E-state index contributed by atoms with van der Waals surface area (Å²) in [7, 11) is 0. The molecular weight excluding hydrogens is 316 g/mol. The van der Waals surface area contributed by atoms with E-state index in [4.69, 9.17) is 23.2 Å². The lowest BCUT2D eigenvalue weighted by atomic mass is 10.2. The van der Waals surface area contributed by atoms with Crippen LogP contribution in [0.1, 0.15) is 36.1 Å². The van der Waals surface area contributed by atoms with Crippen LogP contribution in [0.2, 0.25) is 10.0 Å². The number of nitrogens with one attached hydrogen (secondary N) is 1. The second-order valence-corrected chi connectivity index (χ2v) is 5.54. The van der Waals surface area contributed by atoms with Gasteiger partial charge in [0, 0.05) is 16.6 Å². The number of hydrogen-bond donors (Lipinski definition) is 1. The normalized spacial score (nSPS) is 10.8.